The highest BCUT2D eigenvalue weighted by atomic mass is 16.5. The first-order valence-corrected chi connectivity index (χ1v) is 5.40. The van der Waals surface area contributed by atoms with E-state index >= 15 is 0 Å². The first-order valence-electron chi connectivity index (χ1n) is 5.40. The molecule has 0 radical (unpaired) electrons. The van der Waals surface area contributed by atoms with Gasteiger partial charge in [0.15, 0.2) is 0 Å². The fourth-order valence-electron chi connectivity index (χ4n) is 1.49. The van der Waals surface area contributed by atoms with E-state index in [-0.39, 0.29) is 0 Å². The molecule has 0 aliphatic carbocycles. The van der Waals surface area contributed by atoms with Crippen LogP contribution in [0.3, 0.4) is 0 Å². The summed E-state index contributed by atoms with van der Waals surface area (Å²) < 4.78 is 5.52. The number of hydrogen-bond donors (Lipinski definition) is 1. The second-order valence-corrected chi connectivity index (χ2v) is 3.91. The second-order valence-electron chi connectivity index (χ2n) is 3.91. The minimum atomic E-state index is 0.574. The first-order chi connectivity index (χ1) is 7.36. The second kappa shape index (κ2) is 5.10. The molecule has 1 saturated heterocycles. The molecule has 1 aromatic carbocycles. The van der Waals surface area contributed by atoms with E-state index in [4.69, 9.17) is 4.74 Å². The van der Waals surface area contributed by atoms with Gasteiger partial charge in [-0.1, -0.05) is 42.5 Å². The quantitative estimate of drug-likeness (QED) is 0.451. The van der Waals surface area contributed by atoms with Gasteiger partial charge in [-0.15, -0.1) is 0 Å². The third kappa shape index (κ3) is 3.50. The summed E-state index contributed by atoms with van der Waals surface area (Å²) in [6.45, 7) is 3.57. The standard InChI is InChI=1S/C13H17NO/c1-11-13(14-11)8-5-9-15-10-12-6-3-2-4-7-12/h2-8,11,13-14H,9-10H2,1H3/b8-5+/t11-,13-/m0/s1. The number of ether oxygens (including phenoxy) is 1. The van der Waals surface area contributed by atoms with Crippen LogP contribution in [0.5, 0.6) is 0 Å². The largest absolute Gasteiger partial charge is 0.373 e. The maximum absolute atomic E-state index is 5.52. The monoisotopic (exact) mass is 203 g/mol. The summed E-state index contributed by atoms with van der Waals surface area (Å²) in [7, 11) is 0. The minimum Gasteiger partial charge on any atom is -0.373 e. The Morgan fingerprint density at radius 3 is 2.73 bits per heavy atom. The molecule has 2 nitrogen and oxygen atoms in total. The Labute approximate surface area is 91.0 Å². The molecule has 1 heterocycles. The van der Waals surface area contributed by atoms with Crippen molar-refractivity contribution < 1.29 is 4.74 Å². The molecular weight excluding hydrogens is 186 g/mol. The Bertz CT molecular complexity index is 321. The molecule has 2 rings (SSSR count). The van der Waals surface area contributed by atoms with Crippen LogP contribution in [0.2, 0.25) is 0 Å². The van der Waals surface area contributed by atoms with Crippen LogP contribution < -0.4 is 5.32 Å². The van der Waals surface area contributed by atoms with Crippen LogP contribution in [0.1, 0.15) is 12.5 Å². The fraction of sp³-hybridized carbons (Fsp3) is 0.385. The van der Waals surface area contributed by atoms with Gasteiger partial charge >= 0.3 is 0 Å². The lowest BCUT2D eigenvalue weighted by molar-refractivity contribution is 0.148. The number of hydrogen-bond acceptors (Lipinski definition) is 2. The molecule has 1 aliphatic rings. The van der Waals surface area contributed by atoms with Gasteiger partial charge in [0.05, 0.1) is 13.2 Å². The van der Waals surface area contributed by atoms with Crippen molar-refractivity contribution in [1.29, 1.82) is 0 Å². The summed E-state index contributed by atoms with van der Waals surface area (Å²) in [6.07, 6.45) is 4.26. The Balaban J connectivity index is 1.61. The van der Waals surface area contributed by atoms with Crippen LogP contribution >= 0.6 is 0 Å². The molecule has 0 unspecified atom stereocenters. The van der Waals surface area contributed by atoms with Crippen molar-refractivity contribution in [2.45, 2.75) is 25.6 Å². The average molecular weight is 203 g/mol. The van der Waals surface area contributed by atoms with Crippen LogP contribution in [0.25, 0.3) is 0 Å². The van der Waals surface area contributed by atoms with Gasteiger partial charge in [0.1, 0.15) is 0 Å². The van der Waals surface area contributed by atoms with E-state index in [1.807, 2.05) is 18.2 Å². The van der Waals surface area contributed by atoms with Crippen molar-refractivity contribution in [3.63, 3.8) is 0 Å². The van der Waals surface area contributed by atoms with Crippen molar-refractivity contribution in [2.75, 3.05) is 6.61 Å². The van der Waals surface area contributed by atoms with Crippen molar-refractivity contribution >= 4 is 0 Å². The maximum Gasteiger partial charge on any atom is 0.0721 e. The molecule has 2 heteroatoms. The van der Waals surface area contributed by atoms with Crippen LogP contribution in [-0.4, -0.2) is 18.7 Å². The van der Waals surface area contributed by atoms with Gasteiger partial charge in [0.25, 0.3) is 0 Å². The van der Waals surface area contributed by atoms with Crippen LogP contribution in [0, 0.1) is 0 Å². The van der Waals surface area contributed by atoms with Crippen LogP contribution in [0.4, 0.5) is 0 Å². The molecule has 0 aromatic heterocycles. The highest BCUT2D eigenvalue weighted by molar-refractivity contribution is 5.13. The average Bonchev–Trinajstić information content (AvgIpc) is 2.96. The van der Waals surface area contributed by atoms with Gasteiger partial charge in [0.2, 0.25) is 0 Å². The minimum absolute atomic E-state index is 0.574. The highest BCUT2D eigenvalue weighted by Crippen LogP contribution is 2.10. The van der Waals surface area contributed by atoms with E-state index in [1.54, 1.807) is 0 Å². The number of rotatable bonds is 5. The third-order valence-electron chi connectivity index (χ3n) is 2.55. The SMILES string of the molecule is C[C@@H]1N[C@H]1/C=C/COCc1ccccc1. The molecule has 15 heavy (non-hydrogen) atoms. The molecular formula is C13H17NO. The predicted molar refractivity (Wildman–Crippen MR) is 61.6 cm³/mol. The van der Waals surface area contributed by atoms with Gasteiger partial charge in [-0.25, -0.2) is 0 Å². The van der Waals surface area contributed by atoms with E-state index in [2.05, 4.69) is 36.5 Å². The Kier molecular flexibility index (Phi) is 3.54. The van der Waals surface area contributed by atoms with Crippen LogP contribution in [-0.2, 0) is 11.3 Å². The molecule has 1 aliphatic heterocycles. The van der Waals surface area contributed by atoms with Crippen molar-refractivity contribution in [3.05, 3.63) is 48.0 Å². The number of nitrogens with one attached hydrogen (secondary N) is 1. The Morgan fingerprint density at radius 2 is 2.07 bits per heavy atom. The van der Waals surface area contributed by atoms with Gasteiger partial charge in [-0.3, -0.25) is 0 Å². The molecule has 2 atom stereocenters. The first kappa shape index (κ1) is 10.4. The lowest BCUT2D eigenvalue weighted by Gasteiger charge is -2.00. The normalized spacial score (nSPS) is 24.6. The number of benzene rings is 1. The summed E-state index contributed by atoms with van der Waals surface area (Å²) >= 11 is 0. The van der Waals surface area contributed by atoms with Crippen molar-refractivity contribution in [1.82, 2.24) is 5.32 Å². The molecule has 0 spiro atoms. The van der Waals surface area contributed by atoms with E-state index in [0.29, 0.717) is 25.3 Å². The van der Waals surface area contributed by atoms with Gasteiger partial charge < -0.3 is 10.1 Å². The van der Waals surface area contributed by atoms with Crippen LogP contribution in [0.15, 0.2) is 42.5 Å². The molecule has 1 N–H and O–H groups in total. The molecule has 1 fully saturated rings. The Morgan fingerprint density at radius 1 is 1.33 bits per heavy atom. The molecule has 80 valence electrons. The van der Waals surface area contributed by atoms with Gasteiger partial charge in [-0.05, 0) is 12.5 Å². The predicted octanol–water partition coefficient (Wildman–Crippen LogP) is 2.12. The smallest absolute Gasteiger partial charge is 0.0721 e. The van der Waals surface area contributed by atoms with Crippen molar-refractivity contribution in [2.24, 2.45) is 0 Å². The maximum atomic E-state index is 5.52. The lowest BCUT2D eigenvalue weighted by Crippen LogP contribution is -1.93. The third-order valence-corrected chi connectivity index (χ3v) is 2.55. The molecule has 1 aromatic rings. The highest BCUT2D eigenvalue weighted by Gasteiger charge is 2.27. The summed E-state index contributed by atoms with van der Waals surface area (Å²) in [6, 6.07) is 11.5. The van der Waals surface area contributed by atoms with E-state index < -0.39 is 0 Å². The van der Waals surface area contributed by atoms with Gasteiger partial charge in [0, 0.05) is 12.1 Å². The fourth-order valence-corrected chi connectivity index (χ4v) is 1.49. The summed E-state index contributed by atoms with van der Waals surface area (Å²) in [5, 5.41) is 3.30. The zero-order valence-electron chi connectivity index (χ0n) is 9.02. The van der Waals surface area contributed by atoms with E-state index in [0.717, 1.165) is 0 Å². The Hall–Kier alpha value is -1.12. The topological polar surface area (TPSA) is 31.2 Å². The summed E-state index contributed by atoms with van der Waals surface area (Å²) in [5.41, 5.74) is 1.23. The van der Waals surface area contributed by atoms with Gasteiger partial charge in [-0.2, -0.15) is 0 Å². The summed E-state index contributed by atoms with van der Waals surface area (Å²) in [5.74, 6) is 0. The van der Waals surface area contributed by atoms with E-state index in [1.165, 1.54) is 5.56 Å². The zero-order valence-corrected chi connectivity index (χ0v) is 9.02. The summed E-state index contributed by atoms with van der Waals surface area (Å²) in [4.78, 5) is 0. The van der Waals surface area contributed by atoms with Crippen molar-refractivity contribution in [3.8, 4) is 0 Å². The molecule has 0 saturated carbocycles. The molecule has 0 bridgehead atoms. The lowest BCUT2D eigenvalue weighted by atomic mass is 10.2. The molecule has 0 amide bonds. The van der Waals surface area contributed by atoms with E-state index in [9.17, 15) is 0 Å². The zero-order chi connectivity index (χ0) is 10.5.